The number of hydrogen-bond acceptors (Lipinski definition) is 3. The second-order valence-electron chi connectivity index (χ2n) is 8.38. The molecule has 0 radical (unpaired) electrons. The van der Waals surface area contributed by atoms with Gasteiger partial charge < -0.3 is 15.0 Å². The molecule has 0 saturated heterocycles. The summed E-state index contributed by atoms with van der Waals surface area (Å²) in [5.41, 5.74) is 3.34. The molecule has 0 heterocycles. The monoisotopic (exact) mass is 408 g/mol. The molecular formula is C25H32N2O3. The predicted octanol–water partition coefficient (Wildman–Crippen LogP) is 4.58. The number of nitrogens with zero attached hydrogens (tertiary/aromatic N) is 1. The SMILES string of the molecule is COc1ccc([C@@H](CC(=O)N(Cc2ccc(C(C)C)cc2)C2CC2)NC(C)=O)cc1. The van der Waals surface area contributed by atoms with Gasteiger partial charge in [0, 0.05) is 19.5 Å². The Morgan fingerprint density at radius 1 is 1.03 bits per heavy atom. The summed E-state index contributed by atoms with van der Waals surface area (Å²) in [6, 6.07) is 16.0. The normalized spacial score (nSPS) is 14.3. The van der Waals surface area contributed by atoms with Gasteiger partial charge in [0.05, 0.1) is 19.6 Å². The maximum Gasteiger partial charge on any atom is 0.225 e. The first-order valence-electron chi connectivity index (χ1n) is 10.7. The van der Waals surface area contributed by atoms with Crippen LogP contribution in [0.5, 0.6) is 5.75 Å². The van der Waals surface area contributed by atoms with Gasteiger partial charge >= 0.3 is 0 Å². The van der Waals surface area contributed by atoms with Crippen LogP contribution in [0, 0.1) is 0 Å². The van der Waals surface area contributed by atoms with Crippen molar-refractivity contribution in [1.29, 1.82) is 0 Å². The molecule has 0 spiro atoms. The van der Waals surface area contributed by atoms with Gasteiger partial charge in [0.1, 0.15) is 5.75 Å². The summed E-state index contributed by atoms with van der Waals surface area (Å²) in [5, 5.41) is 2.94. The third kappa shape index (κ3) is 5.85. The van der Waals surface area contributed by atoms with Gasteiger partial charge in [0.15, 0.2) is 0 Å². The molecule has 5 nitrogen and oxygen atoms in total. The van der Waals surface area contributed by atoms with Crippen LogP contribution >= 0.6 is 0 Å². The Hall–Kier alpha value is -2.82. The number of rotatable bonds is 9. The molecule has 0 aliphatic heterocycles. The molecular weight excluding hydrogens is 376 g/mol. The van der Waals surface area contributed by atoms with Gasteiger partial charge in [-0.3, -0.25) is 9.59 Å². The molecule has 0 unspecified atom stereocenters. The highest BCUT2D eigenvalue weighted by molar-refractivity contribution is 5.79. The van der Waals surface area contributed by atoms with E-state index in [0.29, 0.717) is 18.5 Å². The van der Waals surface area contributed by atoms with E-state index in [-0.39, 0.29) is 24.3 Å². The van der Waals surface area contributed by atoms with Crippen molar-refractivity contribution in [3.05, 3.63) is 65.2 Å². The molecule has 1 atom stereocenters. The van der Waals surface area contributed by atoms with Crippen molar-refractivity contribution in [2.45, 2.75) is 64.6 Å². The predicted molar refractivity (Wildman–Crippen MR) is 118 cm³/mol. The summed E-state index contributed by atoms with van der Waals surface area (Å²) >= 11 is 0. The summed E-state index contributed by atoms with van der Waals surface area (Å²) < 4.78 is 5.22. The Bertz CT molecular complexity index is 855. The van der Waals surface area contributed by atoms with Crippen LogP contribution in [-0.4, -0.2) is 29.9 Å². The van der Waals surface area contributed by atoms with Crippen LogP contribution in [0.25, 0.3) is 0 Å². The van der Waals surface area contributed by atoms with E-state index in [9.17, 15) is 9.59 Å². The molecule has 0 bridgehead atoms. The van der Waals surface area contributed by atoms with Crippen LogP contribution < -0.4 is 10.1 Å². The van der Waals surface area contributed by atoms with Crippen LogP contribution in [0.1, 0.15) is 68.7 Å². The average molecular weight is 409 g/mol. The quantitative estimate of drug-likeness (QED) is 0.661. The molecule has 1 aliphatic rings. The molecule has 160 valence electrons. The summed E-state index contributed by atoms with van der Waals surface area (Å²) in [4.78, 5) is 27.0. The standard InChI is InChI=1S/C25H32N2O3/c1-17(2)20-7-5-19(6-8-20)16-27(22-11-12-22)25(29)15-24(26-18(3)28)21-9-13-23(30-4)14-10-21/h5-10,13-14,17,22,24H,11-12,15-16H2,1-4H3,(H,26,28)/t24-/m1/s1. The fraction of sp³-hybridized carbons (Fsp3) is 0.440. The zero-order chi connectivity index (χ0) is 21.7. The fourth-order valence-electron chi connectivity index (χ4n) is 3.64. The Balaban J connectivity index is 1.73. The van der Waals surface area contributed by atoms with Crippen molar-refractivity contribution < 1.29 is 14.3 Å². The lowest BCUT2D eigenvalue weighted by atomic mass is 10.0. The van der Waals surface area contributed by atoms with E-state index >= 15 is 0 Å². The van der Waals surface area contributed by atoms with E-state index in [2.05, 4.69) is 43.4 Å². The molecule has 1 saturated carbocycles. The highest BCUT2D eigenvalue weighted by Gasteiger charge is 2.33. The molecule has 30 heavy (non-hydrogen) atoms. The molecule has 0 aromatic heterocycles. The van der Waals surface area contributed by atoms with E-state index < -0.39 is 0 Å². The first kappa shape index (κ1) is 21.9. The molecule has 2 aromatic carbocycles. The highest BCUT2D eigenvalue weighted by Crippen LogP contribution is 2.31. The number of carbonyl (C=O) groups is 2. The number of carbonyl (C=O) groups excluding carboxylic acids is 2. The first-order valence-corrected chi connectivity index (χ1v) is 10.7. The average Bonchev–Trinajstić information content (AvgIpc) is 3.56. The molecule has 2 amide bonds. The van der Waals surface area contributed by atoms with E-state index in [1.54, 1.807) is 7.11 Å². The minimum absolute atomic E-state index is 0.0694. The van der Waals surface area contributed by atoms with Crippen molar-refractivity contribution in [2.24, 2.45) is 0 Å². The number of benzene rings is 2. The lowest BCUT2D eigenvalue weighted by Crippen LogP contribution is -2.36. The topological polar surface area (TPSA) is 58.6 Å². The molecule has 2 aromatic rings. The van der Waals surface area contributed by atoms with Gasteiger partial charge in [-0.25, -0.2) is 0 Å². The van der Waals surface area contributed by atoms with Gasteiger partial charge in [-0.15, -0.1) is 0 Å². The molecule has 5 heteroatoms. The summed E-state index contributed by atoms with van der Waals surface area (Å²) in [5.74, 6) is 1.16. The number of methoxy groups -OCH3 is 1. The van der Waals surface area contributed by atoms with E-state index in [1.165, 1.54) is 12.5 Å². The highest BCUT2D eigenvalue weighted by atomic mass is 16.5. The minimum Gasteiger partial charge on any atom is -0.497 e. The number of nitrogens with one attached hydrogen (secondary N) is 1. The Kier molecular flexibility index (Phi) is 7.14. The van der Waals surface area contributed by atoms with E-state index in [0.717, 1.165) is 29.7 Å². The van der Waals surface area contributed by atoms with Crippen molar-refractivity contribution in [1.82, 2.24) is 10.2 Å². The Labute approximate surface area is 179 Å². The van der Waals surface area contributed by atoms with Crippen molar-refractivity contribution in [3.63, 3.8) is 0 Å². The zero-order valence-corrected chi connectivity index (χ0v) is 18.4. The smallest absolute Gasteiger partial charge is 0.225 e. The second kappa shape index (κ2) is 9.79. The van der Waals surface area contributed by atoms with Crippen LogP contribution in [0.15, 0.2) is 48.5 Å². The number of amides is 2. The van der Waals surface area contributed by atoms with Crippen LogP contribution in [0.4, 0.5) is 0 Å². The van der Waals surface area contributed by atoms with Gasteiger partial charge in [-0.1, -0.05) is 50.2 Å². The first-order chi connectivity index (χ1) is 14.4. The van der Waals surface area contributed by atoms with Crippen molar-refractivity contribution in [2.75, 3.05) is 7.11 Å². The van der Waals surface area contributed by atoms with Crippen LogP contribution in [0.3, 0.4) is 0 Å². The summed E-state index contributed by atoms with van der Waals surface area (Å²) in [6.07, 6.45) is 2.33. The van der Waals surface area contributed by atoms with E-state index in [1.807, 2.05) is 29.2 Å². The minimum atomic E-state index is -0.356. The molecule has 1 aliphatic carbocycles. The molecule has 1 fully saturated rings. The van der Waals surface area contributed by atoms with Gasteiger partial charge in [-0.05, 0) is 47.6 Å². The largest absolute Gasteiger partial charge is 0.497 e. The molecule has 1 N–H and O–H groups in total. The lowest BCUT2D eigenvalue weighted by molar-refractivity contribution is -0.133. The third-order valence-electron chi connectivity index (χ3n) is 5.58. The Morgan fingerprint density at radius 2 is 1.63 bits per heavy atom. The maximum atomic E-state index is 13.2. The van der Waals surface area contributed by atoms with E-state index in [4.69, 9.17) is 4.74 Å². The van der Waals surface area contributed by atoms with Gasteiger partial charge in [0.2, 0.25) is 11.8 Å². The molecule has 3 rings (SSSR count). The fourth-order valence-corrected chi connectivity index (χ4v) is 3.64. The Morgan fingerprint density at radius 3 is 2.13 bits per heavy atom. The number of ether oxygens (including phenoxy) is 1. The van der Waals surface area contributed by atoms with Crippen LogP contribution in [-0.2, 0) is 16.1 Å². The third-order valence-corrected chi connectivity index (χ3v) is 5.58. The lowest BCUT2D eigenvalue weighted by Gasteiger charge is -2.26. The maximum absolute atomic E-state index is 13.2. The van der Waals surface area contributed by atoms with Gasteiger partial charge in [0.25, 0.3) is 0 Å². The zero-order valence-electron chi connectivity index (χ0n) is 18.4. The van der Waals surface area contributed by atoms with Crippen molar-refractivity contribution >= 4 is 11.8 Å². The summed E-state index contributed by atoms with van der Waals surface area (Å²) in [7, 11) is 1.62. The number of hydrogen-bond donors (Lipinski definition) is 1. The van der Waals surface area contributed by atoms with Crippen LogP contribution in [0.2, 0.25) is 0 Å². The van der Waals surface area contributed by atoms with Crippen molar-refractivity contribution in [3.8, 4) is 5.75 Å². The summed E-state index contributed by atoms with van der Waals surface area (Å²) in [6.45, 7) is 6.44. The van der Waals surface area contributed by atoms with Gasteiger partial charge in [-0.2, -0.15) is 0 Å². The second-order valence-corrected chi connectivity index (χ2v) is 8.38.